The van der Waals surface area contributed by atoms with Gasteiger partial charge in [-0.3, -0.25) is 4.98 Å². The number of aryl methyl sites for hydroxylation is 1. The van der Waals surface area contributed by atoms with Crippen LogP contribution in [0, 0.1) is 5.82 Å². The zero-order valence-electron chi connectivity index (χ0n) is 11.4. The van der Waals surface area contributed by atoms with Crippen LogP contribution in [0.1, 0.15) is 17.5 Å². The highest BCUT2D eigenvalue weighted by Gasteiger charge is 2.09. The number of nitrogens with zero attached hydrogens (tertiary/aromatic N) is 1. The van der Waals surface area contributed by atoms with Crippen molar-refractivity contribution in [2.75, 3.05) is 7.11 Å². The lowest BCUT2D eigenvalue weighted by molar-refractivity contribution is 0.165. The molecule has 1 unspecified atom stereocenters. The average molecular weight is 275 g/mol. The van der Waals surface area contributed by atoms with Crippen LogP contribution in [0.2, 0.25) is 0 Å². The van der Waals surface area contributed by atoms with Crippen molar-refractivity contribution < 1.29 is 14.2 Å². The highest BCUT2D eigenvalue weighted by Crippen LogP contribution is 2.19. The maximum Gasteiger partial charge on any atom is 0.165 e. The highest BCUT2D eigenvalue weighted by atomic mass is 19.1. The third-order valence-corrected chi connectivity index (χ3v) is 3.20. The minimum Gasteiger partial charge on any atom is -0.494 e. The lowest BCUT2D eigenvalue weighted by atomic mass is 10.0. The van der Waals surface area contributed by atoms with E-state index in [4.69, 9.17) is 4.74 Å². The Balaban J connectivity index is 1.88. The minimum atomic E-state index is -0.490. The Bertz CT molecular complexity index is 545. The Morgan fingerprint density at radius 1 is 1.20 bits per heavy atom. The molecule has 3 nitrogen and oxygen atoms in total. The average Bonchev–Trinajstić information content (AvgIpc) is 2.46. The largest absolute Gasteiger partial charge is 0.494 e. The van der Waals surface area contributed by atoms with Crippen LogP contribution in [0.25, 0.3) is 0 Å². The first kappa shape index (κ1) is 14.5. The molecule has 0 spiro atoms. The summed E-state index contributed by atoms with van der Waals surface area (Å²) in [5, 5.41) is 10.0. The number of benzene rings is 1. The summed E-state index contributed by atoms with van der Waals surface area (Å²) in [7, 11) is 1.43. The molecule has 0 radical (unpaired) electrons. The Labute approximate surface area is 118 Å². The monoisotopic (exact) mass is 275 g/mol. The zero-order valence-corrected chi connectivity index (χ0v) is 11.4. The maximum atomic E-state index is 13.5. The summed E-state index contributed by atoms with van der Waals surface area (Å²) in [6.07, 6.45) is 4.84. The van der Waals surface area contributed by atoms with Crippen LogP contribution in [0.3, 0.4) is 0 Å². The molecule has 1 heterocycles. The number of aliphatic hydroxyl groups excluding tert-OH is 1. The summed E-state index contributed by atoms with van der Waals surface area (Å²) in [4.78, 5) is 3.95. The van der Waals surface area contributed by atoms with Crippen molar-refractivity contribution >= 4 is 0 Å². The molecule has 0 bridgehead atoms. The molecule has 2 rings (SSSR count). The fourth-order valence-corrected chi connectivity index (χ4v) is 2.09. The molecule has 20 heavy (non-hydrogen) atoms. The van der Waals surface area contributed by atoms with Crippen LogP contribution >= 0.6 is 0 Å². The molecule has 2 aromatic rings. The first-order valence-electron chi connectivity index (χ1n) is 6.58. The van der Waals surface area contributed by atoms with Crippen molar-refractivity contribution in [1.29, 1.82) is 0 Å². The number of aliphatic hydroxyl groups is 1. The van der Waals surface area contributed by atoms with Crippen LogP contribution in [-0.2, 0) is 12.8 Å². The number of ether oxygens (including phenoxy) is 1. The summed E-state index contributed by atoms with van der Waals surface area (Å²) < 4.78 is 18.4. The number of methoxy groups -OCH3 is 1. The molecule has 1 aromatic heterocycles. The molecule has 0 aliphatic heterocycles. The SMILES string of the molecule is COc1ccc(CC(O)CCc2ccncc2)cc1F. The molecule has 0 aliphatic carbocycles. The fraction of sp³-hybridized carbons (Fsp3) is 0.312. The highest BCUT2D eigenvalue weighted by molar-refractivity contribution is 5.29. The summed E-state index contributed by atoms with van der Waals surface area (Å²) in [5.74, 6) is -0.175. The van der Waals surface area contributed by atoms with Gasteiger partial charge < -0.3 is 9.84 Å². The predicted molar refractivity (Wildman–Crippen MR) is 75.2 cm³/mol. The van der Waals surface area contributed by atoms with Gasteiger partial charge >= 0.3 is 0 Å². The van der Waals surface area contributed by atoms with Gasteiger partial charge in [-0.25, -0.2) is 4.39 Å². The van der Waals surface area contributed by atoms with Gasteiger partial charge in [-0.2, -0.15) is 0 Å². The van der Waals surface area contributed by atoms with E-state index in [-0.39, 0.29) is 5.75 Å². The normalized spacial score (nSPS) is 12.2. The lowest BCUT2D eigenvalue weighted by Gasteiger charge is -2.11. The minimum absolute atomic E-state index is 0.222. The van der Waals surface area contributed by atoms with Crippen molar-refractivity contribution in [3.8, 4) is 5.75 Å². The quantitative estimate of drug-likeness (QED) is 0.881. The molecule has 0 saturated carbocycles. The van der Waals surface area contributed by atoms with Gasteiger partial charge in [0.15, 0.2) is 11.6 Å². The fourth-order valence-electron chi connectivity index (χ4n) is 2.09. The van der Waals surface area contributed by atoms with Gasteiger partial charge in [-0.05, 0) is 54.7 Å². The van der Waals surface area contributed by atoms with E-state index in [1.807, 2.05) is 12.1 Å². The molecular formula is C16H18FNO2. The second kappa shape index (κ2) is 7.01. The standard InChI is InChI=1S/C16H18FNO2/c1-20-16-5-3-13(11-15(16)17)10-14(19)4-2-12-6-8-18-9-7-12/h3,5-9,11,14,19H,2,4,10H2,1H3. The summed E-state index contributed by atoms with van der Waals surface area (Å²) in [6, 6.07) is 8.63. The van der Waals surface area contributed by atoms with Crippen LogP contribution in [-0.4, -0.2) is 23.3 Å². The number of hydrogen-bond donors (Lipinski definition) is 1. The Kier molecular flexibility index (Phi) is 5.07. The van der Waals surface area contributed by atoms with Crippen molar-refractivity contribution in [1.82, 2.24) is 4.98 Å². The first-order valence-corrected chi connectivity index (χ1v) is 6.58. The third-order valence-electron chi connectivity index (χ3n) is 3.20. The number of halogens is 1. The van der Waals surface area contributed by atoms with Gasteiger partial charge in [0.05, 0.1) is 13.2 Å². The molecule has 0 amide bonds. The molecule has 1 atom stereocenters. The summed E-state index contributed by atoms with van der Waals surface area (Å²) in [6.45, 7) is 0. The second-order valence-electron chi connectivity index (χ2n) is 4.72. The molecule has 0 saturated heterocycles. The van der Waals surface area contributed by atoms with Gasteiger partial charge in [0.1, 0.15) is 0 Å². The van der Waals surface area contributed by atoms with E-state index >= 15 is 0 Å². The van der Waals surface area contributed by atoms with Crippen molar-refractivity contribution in [3.05, 3.63) is 59.7 Å². The number of hydrogen-bond acceptors (Lipinski definition) is 3. The predicted octanol–water partition coefficient (Wildman–Crippen LogP) is 2.77. The van der Waals surface area contributed by atoms with Crippen molar-refractivity contribution in [3.63, 3.8) is 0 Å². The van der Waals surface area contributed by atoms with Gasteiger partial charge in [0, 0.05) is 12.4 Å². The number of aromatic nitrogens is 1. The topological polar surface area (TPSA) is 42.4 Å². The van der Waals surface area contributed by atoms with Crippen LogP contribution < -0.4 is 4.74 Å². The second-order valence-corrected chi connectivity index (χ2v) is 4.72. The van der Waals surface area contributed by atoms with E-state index in [0.29, 0.717) is 12.8 Å². The van der Waals surface area contributed by atoms with Crippen LogP contribution in [0.15, 0.2) is 42.7 Å². The van der Waals surface area contributed by atoms with Gasteiger partial charge in [-0.15, -0.1) is 0 Å². The Morgan fingerprint density at radius 3 is 2.60 bits per heavy atom. The van der Waals surface area contributed by atoms with E-state index in [1.165, 1.54) is 13.2 Å². The number of pyridine rings is 1. The smallest absolute Gasteiger partial charge is 0.165 e. The molecule has 4 heteroatoms. The lowest BCUT2D eigenvalue weighted by Crippen LogP contribution is -2.12. The molecule has 1 aromatic carbocycles. The van der Waals surface area contributed by atoms with Crippen LogP contribution in [0.4, 0.5) is 4.39 Å². The molecular weight excluding hydrogens is 257 g/mol. The Morgan fingerprint density at radius 2 is 1.95 bits per heavy atom. The molecule has 1 N–H and O–H groups in total. The van der Waals surface area contributed by atoms with E-state index in [2.05, 4.69) is 4.98 Å². The van der Waals surface area contributed by atoms with Crippen molar-refractivity contribution in [2.24, 2.45) is 0 Å². The van der Waals surface area contributed by atoms with Crippen molar-refractivity contribution in [2.45, 2.75) is 25.4 Å². The Hall–Kier alpha value is -1.94. The van der Waals surface area contributed by atoms with Gasteiger partial charge in [0.25, 0.3) is 0 Å². The van der Waals surface area contributed by atoms with E-state index in [1.54, 1.807) is 24.5 Å². The first-order chi connectivity index (χ1) is 9.69. The van der Waals surface area contributed by atoms with Crippen LogP contribution in [0.5, 0.6) is 5.75 Å². The molecule has 0 fully saturated rings. The van der Waals surface area contributed by atoms with E-state index in [9.17, 15) is 9.50 Å². The van der Waals surface area contributed by atoms with E-state index in [0.717, 1.165) is 17.5 Å². The van der Waals surface area contributed by atoms with Gasteiger partial charge in [-0.1, -0.05) is 6.07 Å². The van der Waals surface area contributed by atoms with Gasteiger partial charge in [0.2, 0.25) is 0 Å². The molecule has 106 valence electrons. The number of rotatable bonds is 6. The molecule has 0 aliphatic rings. The maximum absolute atomic E-state index is 13.5. The summed E-state index contributed by atoms with van der Waals surface area (Å²) in [5.41, 5.74) is 1.91. The zero-order chi connectivity index (χ0) is 14.4. The van der Waals surface area contributed by atoms with E-state index < -0.39 is 11.9 Å². The third kappa shape index (κ3) is 4.03. The summed E-state index contributed by atoms with van der Waals surface area (Å²) >= 11 is 0.